The van der Waals surface area contributed by atoms with Crippen LogP contribution >= 0.6 is 0 Å². The quantitative estimate of drug-likeness (QED) is 0.615. The Morgan fingerprint density at radius 1 is 1.18 bits per heavy atom. The molecule has 0 bridgehead atoms. The predicted octanol–water partition coefficient (Wildman–Crippen LogP) is 2.14. The molecule has 0 saturated carbocycles. The molecule has 1 rings (SSSR count). The molecule has 0 saturated heterocycles. The summed E-state index contributed by atoms with van der Waals surface area (Å²) in [7, 11) is 0. The third-order valence-electron chi connectivity index (χ3n) is 3.37. The molecule has 0 fully saturated rings. The van der Waals surface area contributed by atoms with Crippen LogP contribution in [0.1, 0.15) is 44.6 Å². The number of hydrogen-bond donors (Lipinski definition) is 2. The molecule has 0 heterocycles. The Labute approximate surface area is 132 Å². The molecule has 1 aromatic carbocycles. The lowest BCUT2D eigenvalue weighted by atomic mass is 10.1. The van der Waals surface area contributed by atoms with E-state index in [1.165, 1.54) is 0 Å². The van der Waals surface area contributed by atoms with Gasteiger partial charge in [0, 0.05) is 0 Å². The minimum absolute atomic E-state index is 0.0758. The zero-order chi connectivity index (χ0) is 16.2. The van der Waals surface area contributed by atoms with E-state index < -0.39 is 11.9 Å². The average molecular weight is 306 g/mol. The molecule has 0 aliphatic heterocycles. The van der Waals surface area contributed by atoms with Gasteiger partial charge in [0.05, 0.1) is 6.61 Å². The highest BCUT2D eigenvalue weighted by molar-refractivity contribution is 5.86. The molecule has 0 aromatic heterocycles. The second-order valence-electron chi connectivity index (χ2n) is 5.35. The molecule has 22 heavy (non-hydrogen) atoms. The number of nitrogens with two attached hydrogens (primary N) is 1. The van der Waals surface area contributed by atoms with Crippen molar-refractivity contribution in [3.05, 3.63) is 35.9 Å². The third kappa shape index (κ3) is 7.78. The number of hydrogen-bond acceptors (Lipinski definition) is 3. The number of rotatable bonds is 11. The second kappa shape index (κ2) is 10.8. The van der Waals surface area contributed by atoms with Crippen molar-refractivity contribution < 1.29 is 14.3 Å². The van der Waals surface area contributed by atoms with Gasteiger partial charge in [-0.2, -0.15) is 0 Å². The average Bonchev–Trinajstić information content (AvgIpc) is 2.51. The molecular formula is C17H26N2O3. The maximum Gasteiger partial charge on any atom is 0.246 e. The Morgan fingerprint density at radius 3 is 2.55 bits per heavy atom. The smallest absolute Gasteiger partial charge is 0.246 e. The summed E-state index contributed by atoms with van der Waals surface area (Å²) in [5, 5.41) is 2.64. The summed E-state index contributed by atoms with van der Waals surface area (Å²) in [6.07, 6.45) is 4.76. The van der Waals surface area contributed by atoms with Gasteiger partial charge in [-0.3, -0.25) is 9.59 Å². The van der Waals surface area contributed by atoms with Crippen molar-refractivity contribution in [3.63, 3.8) is 0 Å². The maximum absolute atomic E-state index is 11.8. The molecule has 2 amide bonds. The summed E-state index contributed by atoms with van der Waals surface area (Å²) in [6.45, 7) is 2.41. The van der Waals surface area contributed by atoms with Gasteiger partial charge in [0.2, 0.25) is 11.8 Å². The first-order valence-corrected chi connectivity index (χ1v) is 7.83. The highest BCUT2D eigenvalue weighted by Gasteiger charge is 2.17. The van der Waals surface area contributed by atoms with Crippen LogP contribution in [-0.4, -0.2) is 24.5 Å². The maximum atomic E-state index is 11.8. The zero-order valence-corrected chi connectivity index (χ0v) is 13.2. The molecule has 0 spiro atoms. The number of nitrogens with one attached hydrogen (secondary N) is 1. The first kappa shape index (κ1) is 18.2. The van der Waals surface area contributed by atoms with Gasteiger partial charge >= 0.3 is 0 Å². The lowest BCUT2D eigenvalue weighted by Crippen LogP contribution is -2.45. The Balaban J connectivity index is 2.26. The van der Waals surface area contributed by atoms with Gasteiger partial charge in [0.25, 0.3) is 0 Å². The Hall–Kier alpha value is -1.88. The van der Waals surface area contributed by atoms with E-state index in [1.807, 2.05) is 30.3 Å². The molecule has 1 atom stereocenters. The number of ether oxygens (including phenoxy) is 1. The molecule has 3 N–H and O–H groups in total. The minimum atomic E-state index is -0.607. The van der Waals surface area contributed by atoms with Gasteiger partial charge in [-0.25, -0.2) is 0 Å². The summed E-state index contributed by atoms with van der Waals surface area (Å²) in [6, 6.07) is 9.00. The SMILES string of the molecule is CCCCCC[C@@H](NC(=O)COCc1ccccc1)C(N)=O. The van der Waals surface area contributed by atoms with E-state index in [0.717, 1.165) is 31.2 Å². The van der Waals surface area contributed by atoms with E-state index in [1.54, 1.807) is 0 Å². The van der Waals surface area contributed by atoms with E-state index in [9.17, 15) is 9.59 Å². The molecular weight excluding hydrogens is 280 g/mol. The van der Waals surface area contributed by atoms with E-state index in [-0.39, 0.29) is 12.5 Å². The molecule has 0 aliphatic carbocycles. The van der Waals surface area contributed by atoms with Crippen molar-refractivity contribution in [2.75, 3.05) is 6.61 Å². The molecule has 0 unspecified atom stereocenters. The molecule has 5 nitrogen and oxygen atoms in total. The van der Waals surface area contributed by atoms with Crippen LogP contribution < -0.4 is 11.1 Å². The number of amides is 2. The van der Waals surface area contributed by atoms with Crippen LogP contribution in [-0.2, 0) is 20.9 Å². The van der Waals surface area contributed by atoms with Gasteiger partial charge in [-0.15, -0.1) is 0 Å². The van der Waals surface area contributed by atoms with Crippen molar-refractivity contribution in [1.29, 1.82) is 0 Å². The molecule has 0 radical (unpaired) electrons. The lowest BCUT2D eigenvalue weighted by Gasteiger charge is -2.15. The third-order valence-corrected chi connectivity index (χ3v) is 3.37. The van der Waals surface area contributed by atoms with Gasteiger partial charge < -0.3 is 15.8 Å². The molecule has 1 aromatic rings. The zero-order valence-electron chi connectivity index (χ0n) is 13.2. The van der Waals surface area contributed by atoms with Gasteiger partial charge in [0.15, 0.2) is 0 Å². The first-order valence-electron chi connectivity index (χ1n) is 7.83. The van der Waals surface area contributed by atoms with E-state index >= 15 is 0 Å². The van der Waals surface area contributed by atoms with Crippen LogP contribution in [0.2, 0.25) is 0 Å². The van der Waals surface area contributed by atoms with E-state index in [2.05, 4.69) is 12.2 Å². The number of carbonyl (C=O) groups excluding carboxylic acids is 2. The van der Waals surface area contributed by atoms with Crippen molar-refractivity contribution >= 4 is 11.8 Å². The molecule has 122 valence electrons. The Kier molecular flexibility index (Phi) is 8.91. The summed E-state index contributed by atoms with van der Waals surface area (Å²) in [4.78, 5) is 23.2. The van der Waals surface area contributed by atoms with Crippen LogP contribution in [0.25, 0.3) is 0 Å². The highest BCUT2D eigenvalue weighted by atomic mass is 16.5. The van der Waals surface area contributed by atoms with Crippen LogP contribution in [0.4, 0.5) is 0 Å². The van der Waals surface area contributed by atoms with Crippen molar-refractivity contribution in [2.24, 2.45) is 5.73 Å². The van der Waals surface area contributed by atoms with E-state index in [0.29, 0.717) is 13.0 Å². The summed E-state index contributed by atoms with van der Waals surface area (Å²) in [5.41, 5.74) is 6.33. The van der Waals surface area contributed by atoms with Crippen molar-refractivity contribution in [3.8, 4) is 0 Å². The van der Waals surface area contributed by atoms with Crippen LogP contribution in [0.5, 0.6) is 0 Å². The van der Waals surface area contributed by atoms with Gasteiger partial charge in [-0.1, -0.05) is 62.9 Å². The van der Waals surface area contributed by atoms with Gasteiger partial charge in [-0.05, 0) is 12.0 Å². The topological polar surface area (TPSA) is 81.4 Å². The largest absolute Gasteiger partial charge is 0.368 e. The van der Waals surface area contributed by atoms with Crippen LogP contribution in [0.3, 0.4) is 0 Å². The lowest BCUT2D eigenvalue weighted by molar-refractivity contribution is -0.130. The van der Waals surface area contributed by atoms with Crippen LogP contribution in [0.15, 0.2) is 30.3 Å². The van der Waals surface area contributed by atoms with Crippen molar-refractivity contribution in [1.82, 2.24) is 5.32 Å². The standard InChI is InChI=1S/C17H26N2O3/c1-2-3-4-8-11-15(17(18)21)19-16(20)13-22-12-14-9-6-5-7-10-14/h5-7,9-10,15H,2-4,8,11-13H2,1H3,(H2,18,21)(H,19,20)/t15-/m1/s1. The summed E-state index contributed by atoms with van der Waals surface area (Å²) < 4.78 is 5.34. The van der Waals surface area contributed by atoms with Gasteiger partial charge in [0.1, 0.15) is 12.6 Å². The molecule has 5 heteroatoms. The summed E-state index contributed by atoms with van der Waals surface area (Å²) in [5.74, 6) is -0.803. The number of benzene rings is 1. The highest BCUT2D eigenvalue weighted by Crippen LogP contribution is 2.06. The second-order valence-corrected chi connectivity index (χ2v) is 5.35. The van der Waals surface area contributed by atoms with E-state index in [4.69, 9.17) is 10.5 Å². The fourth-order valence-corrected chi connectivity index (χ4v) is 2.13. The minimum Gasteiger partial charge on any atom is -0.368 e. The number of unbranched alkanes of at least 4 members (excludes halogenated alkanes) is 3. The fraction of sp³-hybridized carbons (Fsp3) is 0.529. The van der Waals surface area contributed by atoms with Crippen LogP contribution in [0, 0.1) is 0 Å². The number of carbonyl (C=O) groups is 2. The molecule has 0 aliphatic rings. The number of primary amides is 1. The monoisotopic (exact) mass is 306 g/mol. The van der Waals surface area contributed by atoms with Crippen molar-refractivity contribution in [2.45, 2.75) is 51.7 Å². The predicted molar refractivity (Wildman–Crippen MR) is 86.0 cm³/mol. The Morgan fingerprint density at radius 2 is 1.91 bits per heavy atom. The fourth-order valence-electron chi connectivity index (χ4n) is 2.13. The summed E-state index contributed by atoms with van der Waals surface area (Å²) >= 11 is 0. The Bertz CT molecular complexity index is 448. The first-order chi connectivity index (χ1) is 10.6. The normalized spacial score (nSPS) is 11.9.